The number of aromatic nitrogens is 6. The zero-order valence-corrected chi connectivity index (χ0v) is 18.7. The van der Waals surface area contributed by atoms with Crippen molar-refractivity contribution in [3.63, 3.8) is 0 Å². The van der Waals surface area contributed by atoms with E-state index in [9.17, 15) is 16.8 Å². The van der Waals surface area contributed by atoms with Crippen molar-refractivity contribution in [3.8, 4) is 0 Å². The highest BCUT2D eigenvalue weighted by molar-refractivity contribution is 8.76. The van der Waals surface area contributed by atoms with Crippen LogP contribution in [0.4, 0.5) is 0 Å². The molecule has 0 bridgehead atoms. The normalized spacial score (nSPS) is 19.9. The number of nitrogens with zero attached hydrogens (tertiary/aromatic N) is 8. The summed E-state index contributed by atoms with van der Waals surface area (Å²) in [6, 6.07) is 0. The van der Waals surface area contributed by atoms with Crippen LogP contribution in [0.5, 0.6) is 0 Å². The molecule has 30 heavy (non-hydrogen) atoms. The fraction of sp³-hybridized carbons (Fsp3) is 0.667. The van der Waals surface area contributed by atoms with Gasteiger partial charge in [-0.05, 0) is 21.6 Å². The number of hydrogen-bond acceptors (Lipinski definition) is 12. The van der Waals surface area contributed by atoms with Crippen LogP contribution in [0.3, 0.4) is 0 Å². The van der Waals surface area contributed by atoms with E-state index in [1.807, 2.05) is 0 Å². The summed E-state index contributed by atoms with van der Waals surface area (Å²) >= 11 is 0. The van der Waals surface area contributed by atoms with Gasteiger partial charge in [-0.25, -0.2) is 9.97 Å². The van der Waals surface area contributed by atoms with Gasteiger partial charge in [0.25, 0.3) is 0 Å². The van der Waals surface area contributed by atoms with Crippen molar-refractivity contribution in [1.82, 2.24) is 36.9 Å². The molecule has 0 unspecified atom stereocenters. The lowest BCUT2D eigenvalue weighted by atomic mass is 10.5. The van der Waals surface area contributed by atoms with E-state index in [0.29, 0.717) is 26.4 Å². The molecule has 166 valence electrons. The molecule has 2 saturated heterocycles. The molecule has 4 heterocycles. The standard InChI is InChI=1S/C12H18N8O6S4/c21-29(22,17-1-5-25-6-2-17)19-9-13-11(15-19)27-28-12-14-10-20(16-12)30(23,24)18-3-7-26-8-4-18/h9-10H,1-8H2. The van der Waals surface area contributed by atoms with E-state index in [4.69, 9.17) is 9.47 Å². The van der Waals surface area contributed by atoms with Gasteiger partial charge in [-0.1, -0.05) is 0 Å². The number of hydrogen-bond donors (Lipinski definition) is 0. The predicted molar refractivity (Wildman–Crippen MR) is 105 cm³/mol. The molecule has 0 amide bonds. The Morgan fingerprint density at radius 1 is 0.700 bits per heavy atom. The molecule has 2 aliphatic heterocycles. The monoisotopic (exact) mass is 498 g/mol. The van der Waals surface area contributed by atoms with Crippen molar-refractivity contribution in [3.05, 3.63) is 12.7 Å². The van der Waals surface area contributed by atoms with Gasteiger partial charge in [0.15, 0.2) is 0 Å². The Bertz CT molecular complexity index is 988. The first kappa shape index (κ1) is 21.9. The third-order valence-electron chi connectivity index (χ3n) is 4.16. The van der Waals surface area contributed by atoms with Gasteiger partial charge in [0.2, 0.25) is 10.3 Å². The summed E-state index contributed by atoms with van der Waals surface area (Å²) in [6.07, 6.45) is 2.23. The molecule has 0 N–H and O–H groups in total. The minimum atomic E-state index is -3.81. The summed E-state index contributed by atoms with van der Waals surface area (Å²) in [4.78, 5) is 7.95. The second kappa shape index (κ2) is 9.07. The maximum absolute atomic E-state index is 12.5. The second-order valence-corrected chi connectivity index (χ2v) is 11.6. The maximum atomic E-state index is 12.5. The quantitative estimate of drug-likeness (QED) is 0.409. The molecule has 2 fully saturated rings. The fourth-order valence-electron chi connectivity index (χ4n) is 2.63. The molecule has 14 nitrogen and oxygen atoms in total. The van der Waals surface area contributed by atoms with E-state index in [-0.39, 0.29) is 36.5 Å². The average molecular weight is 499 g/mol. The van der Waals surface area contributed by atoms with E-state index < -0.39 is 20.4 Å². The first-order chi connectivity index (χ1) is 14.4. The predicted octanol–water partition coefficient (Wildman–Crippen LogP) is -1.48. The summed E-state index contributed by atoms with van der Waals surface area (Å²) < 4.78 is 64.6. The Balaban J connectivity index is 1.39. The molecule has 0 aromatic carbocycles. The second-order valence-electron chi connectivity index (χ2n) is 6.00. The molecule has 4 rings (SSSR count). The highest BCUT2D eigenvalue weighted by atomic mass is 33.1. The van der Waals surface area contributed by atoms with Crippen LogP contribution in [-0.2, 0) is 29.9 Å². The molecular weight excluding hydrogens is 480 g/mol. The number of ether oxygens (including phenoxy) is 2. The minimum Gasteiger partial charge on any atom is -0.379 e. The molecule has 2 aromatic heterocycles. The minimum absolute atomic E-state index is 0.171. The Morgan fingerprint density at radius 2 is 1.07 bits per heavy atom. The summed E-state index contributed by atoms with van der Waals surface area (Å²) in [5.74, 6) is 0. The lowest BCUT2D eigenvalue weighted by Crippen LogP contribution is -2.43. The first-order valence-corrected chi connectivity index (χ1v) is 13.7. The molecular formula is C12H18N8O6S4. The van der Waals surface area contributed by atoms with Crippen LogP contribution in [0.15, 0.2) is 23.0 Å². The molecule has 0 aliphatic carbocycles. The van der Waals surface area contributed by atoms with E-state index >= 15 is 0 Å². The lowest BCUT2D eigenvalue weighted by molar-refractivity contribution is 0.0724. The van der Waals surface area contributed by atoms with E-state index in [1.165, 1.54) is 8.61 Å². The van der Waals surface area contributed by atoms with Crippen molar-refractivity contribution in [1.29, 1.82) is 0 Å². The van der Waals surface area contributed by atoms with Gasteiger partial charge in [-0.2, -0.15) is 25.4 Å². The number of rotatable bonds is 7. The van der Waals surface area contributed by atoms with Crippen molar-refractivity contribution < 1.29 is 26.3 Å². The third kappa shape index (κ3) is 4.64. The van der Waals surface area contributed by atoms with Crippen molar-refractivity contribution >= 4 is 42.0 Å². The highest BCUT2D eigenvalue weighted by Crippen LogP contribution is 2.33. The van der Waals surface area contributed by atoms with Gasteiger partial charge in [-0.15, -0.1) is 18.4 Å². The molecule has 0 saturated carbocycles. The van der Waals surface area contributed by atoms with Crippen LogP contribution in [0.2, 0.25) is 0 Å². The Hall–Kier alpha value is -1.28. The molecule has 2 aromatic rings. The molecule has 0 radical (unpaired) electrons. The topological polar surface area (TPSA) is 155 Å². The number of morpholine rings is 2. The fourth-order valence-corrected chi connectivity index (χ4v) is 6.60. The zero-order chi connectivity index (χ0) is 21.2. The van der Waals surface area contributed by atoms with Crippen molar-refractivity contribution in [2.45, 2.75) is 10.3 Å². The summed E-state index contributed by atoms with van der Waals surface area (Å²) in [7, 11) is -5.59. The highest BCUT2D eigenvalue weighted by Gasteiger charge is 2.29. The van der Waals surface area contributed by atoms with Crippen LogP contribution < -0.4 is 0 Å². The van der Waals surface area contributed by atoms with Gasteiger partial charge >= 0.3 is 20.4 Å². The summed E-state index contributed by atoms with van der Waals surface area (Å²) in [5.41, 5.74) is 0. The van der Waals surface area contributed by atoms with Gasteiger partial charge in [0.05, 0.1) is 26.4 Å². The van der Waals surface area contributed by atoms with E-state index in [0.717, 1.165) is 42.4 Å². The molecule has 2 aliphatic rings. The lowest BCUT2D eigenvalue weighted by Gasteiger charge is -2.25. The van der Waals surface area contributed by atoms with Crippen LogP contribution in [0.25, 0.3) is 0 Å². The summed E-state index contributed by atoms with van der Waals surface area (Å²) in [6.45, 7) is 2.30. The Morgan fingerprint density at radius 3 is 1.43 bits per heavy atom. The van der Waals surface area contributed by atoms with Gasteiger partial charge < -0.3 is 9.47 Å². The molecule has 18 heteroatoms. The molecule has 0 atom stereocenters. The van der Waals surface area contributed by atoms with Crippen molar-refractivity contribution in [2.24, 2.45) is 0 Å². The largest absolute Gasteiger partial charge is 0.379 e. The van der Waals surface area contributed by atoms with E-state index in [1.54, 1.807) is 0 Å². The van der Waals surface area contributed by atoms with Crippen LogP contribution in [-0.4, -0.2) is 106 Å². The Kier molecular flexibility index (Phi) is 6.63. The maximum Gasteiger partial charge on any atom is 0.324 e. The molecule has 0 spiro atoms. The van der Waals surface area contributed by atoms with Gasteiger partial charge in [-0.3, -0.25) is 0 Å². The third-order valence-corrected chi connectivity index (χ3v) is 9.39. The average Bonchev–Trinajstić information content (AvgIpc) is 3.44. The van der Waals surface area contributed by atoms with Crippen LogP contribution in [0.1, 0.15) is 0 Å². The van der Waals surface area contributed by atoms with Gasteiger partial charge in [0.1, 0.15) is 12.7 Å². The van der Waals surface area contributed by atoms with Crippen molar-refractivity contribution in [2.75, 3.05) is 52.6 Å². The smallest absolute Gasteiger partial charge is 0.324 e. The summed E-state index contributed by atoms with van der Waals surface area (Å²) in [5, 5.41) is 8.29. The van der Waals surface area contributed by atoms with Gasteiger partial charge in [0, 0.05) is 26.2 Å². The zero-order valence-electron chi connectivity index (χ0n) is 15.5. The van der Waals surface area contributed by atoms with Crippen LogP contribution in [0, 0.1) is 0 Å². The van der Waals surface area contributed by atoms with E-state index in [2.05, 4.69) is 20.2 Å². The Labute approximate surface area is 180 Å². The SMILES string of the molecule is O=S(=O)(N1CCOCC1)n1cnc(SSc2ncn(S(=O)(=O)N3CCOCC3)n2)n1. The van der Waals surface area contributed by atoms with Crippen LogP contribution >= 0.6 is 21.6 Å². The first-order valence-electron chi connectivity index (χ1n) is 8.72.